The maximum absolute atomic E-state index is 13.6. The highest BCUT2D eigenvalue weighted by Gasteiger charge is 2.18. The molecule has 0 aliphatic carbocycles. The first-order valence-corrected chi connectivity index (χ1v) is 8.72. The smallest absolute Gasteiger partial charge is 0.263 e. The summed E-state index contributed by atoms with van der Waals surface area (Å²) in [6.45, 7) is 0. The standard InChI is InChI=1S/C13H10Br2FNO3S/c1-20-12-4-3-9(7-11(12)16)17-21(18,19)13-5-2-8(14)6-10(13)15/h2-7,17H,1H3. The van der Waals surface area contributed by atoms with E-state index in [1.54, 1.807) is 12.1 Å². The summed E-state index contributed by atoms with van der Waals surface area (Å²) in [5.41, 5.74) is 0.114. The fourth-order valence-electron chi connectivity index (χ4n) is 1.63. The number of hydrogen-bond donors (Lipinski definition) is 1. The summed E-state index contributed by atoms with van der Waals surface area (Å²) in [5.74, 6) is -0.602. The second-order valence-corrected chi connectivity index (χ2v) is 7.45. The molecule has 1 N–H and O–H groups in total. The normalized spacial score (nSPS) is 11.2. The third kappa shape index (κ3) is 3.75. The number of benzene rings is 2. The van der Waals surface area contributed by atoms with E-state index in [1.165, 1.54) is 25.3 Å². The molecule has 0 aromatic heterocycles. The van der Waals surface area contributed by atoms with E-state index in [9.17, 15) is 12.8 Å². The first kappa shape index (κ1) is 16.3. The molecule has 2 aromatic rings. The minimum absolute atomic E-state index is 0.0442. The van der Waals surface area contributed by atoms with Crippen LogP contribution in [0.15, 0.2) is 50.2 Å². The molecule has 2 aromatic carbocycles. The van der Waals surface area contributed by atoms with Crippen molar-refractivity contribution in [2.24, 2.45) is 0 Å². The van der Waals surface area contributed by atoms with E-state index in [-0.39, 0.29) is 16.3 Å². The van der Waals surface area contributed by atoms with Crippen molar-refractivity contribution in [1.29, 1.82) is 0 Å². The van der Waals surface area contributed by atoms with Crippen LogP contribution in [0, 0.1) is 5.82 Å². The van der Waals surface area contributed by atoms with E-state index >= 15 is 0 Å². The molecule has 0 atom stereocenters. The fourth-order valence-corrected chi connectivity index (χ4v) is 4.43. The van der Waals surface area contributed by atoms with E-state index < -0.39 is 15.8 Å². The predicted octanol–water partition coefficient (Wildman–Crippen LogP) is 4.16. The second-order valence-electron chi connectivity index (χ2n) is 4.03. The Kier molecular flexibility index (Phi) is 4.90. The highest BCUT2D eigenvalue weighted by Crippen LogP contribution is 2.28. The van der Waals surface area contributed by atoms with Crippen molar-refractivity contribution in [2.75, 3.05) is 11.8 Å². The molecule has 8 heteroatoms. The summed E-state index contributed by atoms with van der Waals surface area (Å²) in [6.07, 6.45) is 0. The Balaban J connectivity index is 2.35. The molecule has 0 spiro atoms. The molecule has 0 aliphatic rings. The monoisotopic (exact) mass is 437 g/mol. The van der Waals surface area contributed by atoms with Crippen LogP contribution in [0.5, 0.6) is 5.75 Å². The van der Waals surface area contributed by atoms with Gasteiger partial charge in [-0.15, -0.1) is 0 Å². The molecular weight excluding hydrogens is 429 g/mol. The molecule has 0 fully saturated rings. The molecule has 0 bridgehead atoms. The molecule has 0 saturated heterocycles. The van der Waals surface area contributed by atoms with Crippen LogP contribution >= 0.6 is 31.9 Å². The van der Waals surface area contributed by atoms with E-state index in [0.29, 0.717) is 4.47 Å². The van der Waals surface area contributed by atoms with Gasteiger partial charge in [0.05, 0.1) is 12.8 Å². The average Bonchev–Trinajstić information content (AvgIpc) is 2.37. The lowest BCUT2D eigenvalue weighted by Crippen LogP contribution is -2.13. The third-order valence-electron chi connectivity index (χ3n) is 2.59. The van der Waals surface area contributed by atoms with Crippen LogP contribution in [0.25, 0.3) is 0 Å². The Morgan fingerprint density at radius 2 is 1.86 bits per heavy atom. The molecule has 0 aliphatic heterocycles. The van der Waals surface area contributed by atoms with Crippen LogP contribution in [-0.2, 0) is 10.0 Å². The number of hydrogen-bond acceptors (Lipinski definition) is 3. The van der Waals surface area contributed by atoms with Crippen LogP contribution in [-0.4, -0.2) is 15.5 Å². The number of anilines is 1. The van der Waals surface area contributed by atoms with Crippen LogP contribution in [0.2, 0.25) is 0 Å². The molecule has 0 radical (unpaired) electrons. The Bertz CT molecular complexity index is 781. The lowest BCUT2D eigenvalue weighted by atomic mass is 10.3. The number of sulfonamides is 1. The van der Waals surface area contributed by atoms with Gasteiger partial charge < -0.3 is 4.74 Å². The molecular formula is C13H10Br2FNO3S. The summed E-state index contributed by atoms with van der Waals surface area (Å²) in [4.78, 5) is 0.0573. The quantitative estimate of drug-likeness (QED) is 0.779. The van der Waals surface area contributed by atoms with Crippen molar-refractivity contribution in [1.82, 2.24) is 0 Å². The molecule has 21 heavy (non-hydrogen) atoms. The van der Waals surface area contributed by atoms with Gasteiger partial charge in [0, 0.05) is 15.0 Å². The molecule has 0 amide bonds. The SMILES string of the molecule is COc1ccc(NS(=O)(=O)c2ccc(Br)cc2Br)cc1F. The Morgan fingerprint density at radius 3 is 2.43 bits per heavy atom. The zero-order valence-corrected chi connectivity index (χ0v) is 14.7. The van der Waals surface area contributed by atoms with Gasteiger partial charge in [0.1, 0.15) is 4.90 Å². The van der Waals surface area contributed by atoms with Gasteiger partial charge in [-0.1, -0.05) is 15.9 Å². The minimum atomic E-state index is -3.82. The maximum Gasteiger partial charge on any atom is 0.263 e. The van der Waals surface area contributed by atoms with Gasteiger partial charge in [0.25, 0.3) is 10.0 Å². The summed E-state index contributed by atoms with van der Waals surface area (Å²) < 4.78 is 46.4. The molecule has 4 nitrogen and oxygen atoms in total. The van der Waals surface area contributed by atoms with Gasteiger partial charge in [-0.3, -0.25) is 4.72 Å². The van der Waals surface area contributed by atoms with E-state index in [0.717, 1.165) is 10.5 Å². The van der Waals surface area contributed by atoms with E-state index in [1.807, 2.05) is 0 Å². The predicted molar refractivity (Wildman–Crippen MR) is 85.6 cm³/mol. The number of nitrogens with one attached hydrogen (secondary N) is 1. The Hall–Kier alpha value is -1.12. The summed E-state index contributed by atoms with van der Waals surface area (Å²) in [7, 11) is -2.49. The molecule has 0 saturated carbocycles. The van der Waals surface area contributed by atoms with Crippen molar-refractivity contribution >= 4 is 47.6 Å². The summed E-state index contributed by atoms with van der Waals surface area (Å²) in [6, 6.07) is 8.49. The van der Waals surface area contributed by atoms with Crippen molar-refractivity contribution in [3.8, 4) is 5.75 Å². The Labute approximate surface area is 138 Å². The van der Waals surface area contributed by atoms with Crippen molar-refractivity contribution in [3.05, 3.63) is 51.2 Å². The summed E-state index contributed by atoms with van der Waals surface area (Å²) in [5, 5.41) is 0. The number of halogens is 3. The van der Waals surface area contributed by atoms with Crippen LogP contribution < -0.4 is 9.46 Å². The summed E-state index contributed by atoms with van der Waals surface area (Å²) >= 11 is 6.44. The zero-order valence-electron chi connectivity index (χ0n) is 10.7. The highest BCUT2D eigenvalue weighted by molar-refractivity contribution is 9.11. The van der Waals surface area contributed by atoms with Crippen LogP contribution in [0.4, 0.5) is 10.1 Å². The minimum Gasteiger partial charge on any atom is -0.494 e. The lowest BCUT2D eigenvalue weighted by molar-refractivity contribution is 0.386. The largest absolute Gasteiger partial charge is 0.494 e. The van der Waals surface area contributed by atoms with Gasteiger partial charge >= 0.3 is 0 Å². The third-order valence-corrected chi connectivity index (χ3v) is 5.44. The van der Waals surface area contributed by atoms with Crippen LogP contribution in [0.3, 0.4) is 0 Å². The average molecular weight is 439 g/mol. The highest BCUT2D eigenvalue weighted by atomic mass is 79.9. The molecule has 0 heterocycles. The zero-order chi connectivity index (χ0) is 15.6. The lowest BCUT2D eigenvalue weighted by Gasteiger charge is -2.11. The van der Waals surface area contributed by atoms with Crippen molar-refractivity contribution in [2.45, 2.75) is 4.90 Å². The van der Waals surface area contributed by atoms with Crippen molar-refractivity contribution < 1.29 is 17.5 Å². The fraction of sp³-hybridized carbons (Fsp3) is 0.0769. The van der Waals surface area contributed by atoms with Crippen molar-refractivity contribution in [3.63, 3.8) is 0 Å². The maximum atomic E-state index is 13.6. The Morgan fingerprint density at radius 1 is 1.14 bits per heavy atom. The van der Waals surface area contributed by atoms with Crippen LogP contribution in [0.1, 0.15) is 0 Å². The van der Waals surface area contributed by atoms with Gasteiger partial charge in [-0.25, -0.2) is 12.8 Å². The van der Waals surface area contributed by atoms with Gasteiger partial charge in [-0.2, -0.15) is 0 Å². The van der Waals surface area contributed by atoms with Gasteiger partial charge in [0.2, 0.25) is 0 Å². The van der Waals surface area contributed by atoms with E-state index in [4.69, 9.17) is 4.74 Å². The molecule has 0 unspecified atom stereocenters. The first-order valence-electron chi connectivity index (χ1n) is 5.65. The van der Waals surface area contributed by atoms with Gasteiger partial charge in [-0.05, 0) is 46.3 Å². The van der Waals surface area contributed by atoms with E-state index in [2.05, 4.69) is 36.6 Å². The molecule has 2 rings (SSSR count). The number of methoxy groups -OCH3 is 1. The van der Waals surface area contributed by atoms with Gasteiger partial charge in [0.15, 0.2) is 11.6 Å². The topological polar surface area (TPSA) is 55.4 Å². The number of rotatable bonds is 4. The number of ether oxygens (including phenoxy) is 1. The first-order chi connectivity index (χ1) is 9.83. The molecule has 112 valence electrons. The second kappa shape index (κ2) is 6.33.